The summed E-state index contributed by atoms with van der Waals surface area (Å²) in [5.74, 6) is 0. The summed E-state index contributed by atoms with van der Waals surface area (Å²) in [6, 6.07) is 12.8. The van der Waals surface area contributed by atoms with Crippen molar-refractivity contribution < 1.29 is 21.7 Å². The Morgan fingerprint density at radius 2 is 1.41 bits per heavy atom. The molecule has 0 fully saturated rings. The third-order valence-electron chi connectivity index (χ3n) is 2.64. The number of hydrogen-bond donors (Lipinski definition) is 0. The monoisotopic (exact) mass is 418 g/mol. The van der Waals surface area contributed by atoms with Crippen molar-refractivity contribution in [1.82, 2.24) is 0 Å². The normalized spacial score (nSPS) is 10.1. The van der Waals surface area contributed by atoms with Crippen molar-refractivity contribution in [2.75, 3.05) is 19.0 Å². The molecule has 0 unspecified atom stereocenters. The van der Waals surface area contributed by atoms with Gasteiger partial charge in [0.25, 0.3) is 0 Å². The quantitative estimate of drug-likeness (QED) is 0.284. The van der Waals surface area contributed by atoms with E-state index in [1.165, 1.54) is 16.5 Å². The van der Waals surface area contributed by atoms with E-state index in [0.29, 0.717) is 0 Å². The molecule has 0 aliphatic rings. The van der Waals surface area contributed by atoms with Gasteiger partial charge in [-0.2, -0.15) is 0 Å². The first kappa shape index (κ1) is 30.7. The molecule has 4 heteroatoms. The van der Waals surface area contributed by atoms with Crippen molar-refractivity contribution in [3.05, 3.63) is 66.4 Å². The number of anilines is 1. The average Bonchev–Trinajstić information content (AvgIpc) is 2.97. The minimum Gasteiger partial charge on any atom is -0.673 e. The maximum Gasteiger partial charge on any atom is 2.00 e. The Balaban J connectivity index is -0.000000329. The molecule has 2 aromatic carbocycles. The van der Waals surface area contributed by atoms with Crippen LogP contribution in [0.5, 0.6) is 0 Å². The van der Waals surface area contributed by atoms with E-state index in [2.05, 4.69) is 68.5 Å². The number of allylic oxidation sites excluding steroid dienone is 4. The van der Waals surface area contributed by atoms with Gasteiger partial charge in [0.2, 0.25) is 0 Å². The molecular formula is C23H38N2SiTi. The van der Waals surface area contributed by atoms with Gasteiger partial charge in [-0.15, -0.1) is 46.6 Å². The zero-order chi connectivity index (χ0) is 20.6. The van der Waals surface area contributed by atoms with Crippen molar-refractivity contribution in [1.29, 1.82) is 0 Å². The molecule has 2 aromatic rings. The summed E-state index contributed by atoms with van der Waals surface area (Å²) in [4.78, 5) is 2.14. The first-order valence-electron chi connectivity index (χ1n) is 9.01. The van der Waals surface area contributed by atoms with Crippen molar-refractivity contribution in [2.45, 2.75) is 53.3 Å². The molecule has 0 aliphatic carbocycles. The Morgan fingerprint density at radius 1 is 1.00 bits per heavy atom. The summed E-state index contributed by atoms with van der Waals surface area (Å²) in [5, 5.41) is 2.66. The standard InChI is InChI=1S/C11H12N.C6H10.C4H10N.C2H6Si.Ti/c1-12(2)11-8-7-9-5-3-4-6-10(9)11;1-3-5-6-4-2;1-4(2,3)5;1-3-2;/h3-8H,1-2H3;3-6H,1-2H3;5H,1-3H3;1-2H3;/q-1;;-1;;+2. The molecule has 0 aliphatic heterocycles. The summed E-state index contributed by atoms with van der Waals surface area (Å²) < 4.78 is 0. The smallest absolute Gasteiger partial charge is 0.673 e. The van der Waals surface area contributed by atoms with E-state index in [0.717, 1.165) is 9.52 Å². The number of benzene rings is 1. The molecule has 148 valence electrons. The van der Waals surface area contributed by atoms with Crippen LogP contribution in [0.15, 0.2) is 60.7 Å². The van der Waals surface area contributed by atoms with Gasteiger partial charge < -0.3 is 10.6 Å². The average molecular weight is 419 g/mol. The van der Waals surface area contributed by atoms with Crippen LogP contribution in [0.4, 0.5) is 5.69 Å². The molecule has 0 heterocycles. The van der Waals surface area contributed by atoms with E-state index >= 15 is 0 Å². The molecule has 2 rings (SSSR count). The Labute approximate surface area is 186 Å². The van der Waals surface area contributed by atoms with Gasteiger partial charge in [-0.05, 0) is 27.9 Å². The van der Waals surface area contributed by atoms with Crippen LogP contribution in [0.25, 0.3) is 16.5 Å². The van der Waals surface area contributed by atoms with Crippen LogP contribution in [0, 0.1) is 0 Å². The second kappa shape index (κ2) is 18.4. The molecule has 0 saturated heterocycles. The predicted molar refractivity (Wildman–Crippen MR) is 125 cm³/mol. The summed E-state index contributed by atoms with van der Waals surface area (Å²) >= 11 is 0. The van der Waals surface area contributed by atoms with Crippen LogP contribution in [-0.2, 0) is 21.7 Å². The van der Waals surface area contributed by atoms with E-state index in [4.69, 9.17) is 5.73 Å². The fourth-order valence-corrected chi connectivity index (χ4v) is 1.75. The van der Waals surface area contributed by atoms with Crippen LogP contribution in [0.1, 0.15) is 34.6 Å². The zero-order valence-corrected chi connectivity index (χ0v) is 21.3. The molecule has 1 N–H and O–H groups in total. The molecule has 0 spiro atoms. The van der Waals surface area contributed by atoms with E-state index < -0.39 is 0 Å². The SMILES string of the molecule is CC(C)(C)[NH-].CC=CC=CC.CN(C)c1c[cH-]c2ccccc12.C[Si]C.[Ti+2]. The van der Waals surface area contributed by atoms with E-state index in [9.17, 15) is 0 Å². The number of nitrogens with zero attached hydrogens (tertiary/aromatic N) is 1. The van der Waals surface area contributed by atoms with Gasteiger partial charge in [0.15, 0.2) is 0 Å². The van der Waals surface area contributed by atoms with Gasteiger partial charge in [0.1, 0.15) is 0 Å². The molecule has 0 bridgehead atoms. The van der Waals surface area contributed by atoms with Crippen LogP contribution >= 0.6 is 0 Å². The van der Waals surface area contributed by atoms with E-state index in [1.807, 2.05) is 58.9 Å². The Hall–Kier alpha value is -0.999. The van der Waals surface area contributed by atoms with Gasteiger partial charge in [0.05, 0.1) is 0 Å². The van der Waals surface area contributed by atoms with Gasteiger partial charge in [-0.1, -0.05) is 69.9 Å². The van der Waals surface area contributed by atoms with Crippen LogP contribution in [0.3, 0.4) is 0 Å². The molecule has 0 atom stereocenters. The molecule has 0 amide bonds. The Kier molecular flexibility index (Phi) is 20.9. The van der Waals surface area contributed by atoms with Crippen LogP contribution < -0.4 is 4.90 Å². The third-order valence-corrected chi connectivity index (χ3v) is 2.64. The first-order chi connectivity index (χ1) is 12.1. The van der Waals surface area contributed by atoms with Crippen LogP contribution in [0.2, 0.25) is 13.1 Å². The maximum atomic E-state index is 6.94. The Bertz CT molecular complexity index is 607. The summed E-state index contributed by atoms with van der Waals surface area (Å²) in [7, 11) is 5.23. The number of fused-ring (bicyclic) bond motifs is 1. The van der Waals surface area contributed by atoms with Gasteiger partial charge in [-0.25, -0.2) is 0 Å². The molecule has 27 heavy (non-hydrogen) atoms. The number of nitrogens with one attached hydrogen (secondary N) is 1. The largest absolute Gasteiger partial charge is 2.00 e. The molecular weight excluding hydrogens is 380 g/mol. The second-order valence-electron chi connectivity index (χ2n) is 7.00. The summed E-state index contributed by atoms with van der Waals surface area (Å²) in [5.41, 5.74) is 7.98. The van der Waals surface area contributed by atoms with E-state index in [1.54, 1.807) is 0 Å². The summed E-state index contributed by atoms with van der Waals surface area (Å²) in [6.07, 6.45) is 8.00. The minimum absolute atomic E-state index is 0. The van der Waals surface area contributed by atoms with Gasteiger partial charge >= 0.3 is 21.7 Å². The van der Waals surface area contributed by atoms with Gasteiger partial charge in [0, 0.05) is 9.52 Å². The first-order valence-corrected chi connectivity index (χ1v) is 11.0. The van der Waals surface area contributed by atoms with Crippen molar-refractivity contribution >= 4 is 26.0 Å². The van der Waals surface area contributed by atoms with Crippen molar-refractivity contribution in [2.24, 2.45) is 0 Å². The van der Waals surface area contributed by atoms with Crippen LogP contribution in [-0.4, -0.2) is 29.2 Å². The van der Waals surface area contributed by atoms with E-state index in [-0.39, 0.29) is 27.3 Å². The Morgan fingerprint density at radius 3 is 1.78 bits per heavy atom. The number of hydrogen-bond acceptors (Lipinski definition) is 1. The van der Waals surface area contributed by atoms with Gasteiger partial charge in [-0.3, -0.25) is 0 Å². The maximum absolute atomic E-state index is 6.94. The second-order valence-corrected chi connectivity index (χ2v) is 8.00. The third kappa shape index (κ3) is 19.6. The zero-order valence-electron chi connectivity index (χ0n) is 18.7. The molecule has 0 aromatic heterocycles. The topological polar surface area (TPSA) is 27.0 Å². The summed E-state index contributed by atoms with van der Waals surface area (Å²) in [6.45, 7) is 13.9. The number of rotatable bonds is 2. The fraction of sp³-hybridized carbons (Fsp3) is 0.435. The predicted octanol–water partition coefficient (Wildman–Crippen LogP) is 7.38. The van der Waals surface area contributed by atoms with Crippen molar-refractivity contribution in [3.63, 3.8) is 0 Å². The molecule has 2 radical (unpaired) electrons. The molecule has 0 saturated carbocycles. The van der Waals surface area contributed by atoms with Crippen molar-refractivity contribution in [3.8, 4) is 0 Å². The molecule has 2 nitrogen and oxygen atoms in total. The fourth-order valence-electron chi connectivity index (χ4n) is 1.75. The minimum atomic E-state index is -0.250.